The largest absolute Gasteiger partial charge is 0.495 e. The highest BCUT2D eigenvalue weighted by Crippen LogP contribution is 2.36. The molecule has 134 valence electrons. The van der Waals surface area contributed by atoms with Gasteiger partial charge in [0.15, 0.2) is 0 Å². The molecule has 0 unspecified atom stereocenters. The van der Waals surface area contributed by atoms with Crippen molar-refractivity contribution in [3.63, 3.8) is 0 Å². The van der Waals surface area contributed by atoms with Gasteiger partial charge in [0.25, 0.3) is 5.91 Å². The van der Waals surface area contributed by atoms with Crippen LogP contribution >= 0.6 is 11.6 Å². The number of nitrogens with one attached hydrogen (secondary N) is 2. The summed E-state index contributed by atoms with van der Waals surface area (Å²) in [5.41, 5.74) is 0.865. The molecule has 2 N–H and O–H groups in total. The molecule has 8 heteroatoms. The molecule has 0 aliphatic carbocycles. The molecular formula is C17H20ClN3O4. The van der Waals surface area contributed by atoms with Crippen LogP contribution < -0.4 is 20.1 Å². The van der Waals surface area contributed by atoms with E-state index in [4.69, 9.17) is 25.8 Å². The maximum absolute atomic E-state index is 12.4. The molecule has 25 heavy (non-hydrogen) atoms. The number of anilines is 2. The molecular weight excluding hydrogens is 346 g/mol. The molecule has 1 aromatic carbocycles. The summed E-state index contributed by atoms with van der Waals surface area (Å²) in [6.07, 6.45) is 1.49. The fourth-order valence-corrected chi connectivity index (χ4v) is 2.30. The van der Waals surface area contributed by atoms with Crippen LogP contribution in [0.1, 0.15) is 10.4 Å². The van der Waals surface area contributed by atoms with Gasteiger partial charge in [-0.2, -0.15) is 0 Å². The van der Waals surface area contributed by atoms with E-state index in [1.165, 1.54) is 20.4 Å². The van der Waals surface area contributed by atoms with Crippen LogP contribution in [0.5, 0.6) is 11.5 Å². The highest BCUT2D eigenvalue weighted by Gasteiger charge is 2.14. The Morgan fingerprint density at radius 1 is 1.16 bits per heavy atom. The third-order valence-corrected chi connectivity index (χ3v) is 3.66. The number of hydrogen-bond acceptors (Lipinski definition) is 6. The Hall–Kier alpha value is -2.51. The van der Waals surface area contributed by atoms with Crippen LogP contribution in [0.4, 0.5) is 11.5 Å². The van der Waals surface area contributed by atoms with E-state index in [2.05, 4.69) is 15.6 Å². The number of halogens is 1. The first kappa shape index (κ1) is 18.8. The Bertz CT molecular complexity index is 723. The molecule has 7 nitrogen and oxygen atoms in total. The number of nitrogens with zero attached hydrogens (tertiary/aromatic N) is 1. The number of aromatic nitrogens is 1. The second-order valence-electron chi connectivity index (χ2n) is 4.99. The average Bonchev–Trinajstić information content (AvgIpc) is 2.63. The van der Waals surface area contributed by atoms with Crippen molar-refractivity contribution in [1.82, 2.24) is 4.98 Å². The van der Waals surface area contributed by atoms with E-state index in [1.54, 1.807) is 31.4 Å². The Labute approximate surface area is 151 Å². The van der Waals surface area contributed by atoms with Crippen LogP contribution in [0.2, 0.25) is 5.02 Å². The van der Waals surface area contributed by atoms with Gasteiger partial charge in [0.1, 0.15) is 17.3 Å². The minimum atomic E-state index is -0.321. The normalized spacial score (nSPS) is 10.2. The standard InChI is InChI=1S/C17H20ClN3O4/c1-23-7-6-19-16-5-4-11(10-20-16)17(22)21-13-9-14(24-2)12(18)8-15(13)25-3/h4-5,8-10H,6-7H2,1-3H3,(H,19,20)(H,21,22). The lowest BCUT2D eigenvalue weighted by Gasteiger charge is -2.13. The van der Waals surface area contributed by atoms with Crippen molar-refractivity contribution < 1.29 is 19.0 Å². The monoisotopic (exact) mass is 365 g/mol. The first-order valence-electron chi connectivity index (χ1n) is 7.50. The van der Waals surface area contributed by atoms with Crippen molar-refractivity contribution >= 4 is 29.0 Å². The number of rotatable bonds is 8. The number of hydrogen-bond donors (Lipinski definition) is 2. The Balaban J connectivity index is 2.11. The summed E-state index contributed by atoms with van der Waals surface area (Å²) in [5, 5.41) is 6.24. The van der Waals surface area contributed by atoms with Crippen molar-refractivity contribution in [1.29, 1.82) is 0 Å². The molecule has 2 rings (SSSR count). The molecule has 0 radical (unpaired) electrons. The first-order valence-corrected chi connectivity index (χ1v) is 7.88. The lowest BCUT2D eigenvalue weighted by molar-refractivity contribution is 0.102. The van der Waals surface area contributed by atoms with Gasteiger partial charge in [0.2, 0.25) is 0 Å². The zero-order chi connectivity index (χ0) is 18.2. The van der Waals surface area contributed by atoms with Gasteiger partial charge in [-0.05, 0) is 12.1 Å². The number of pyridine rings is 1. The second-order valence-corrected chi connectivity index (χ2v) is 5.40. The second kappa shape index (κ2) is 9.10. The van der Waals surface area contributed by atoms with Crippen molar-refractivity contribution in [3.05, 3.63) is 41.0 Å². The van der Waals surface area contributed by atoms with Gasteiger partial charge in [0, 0.05) is 32.0 Å². The molecule has 0 fully saturated rings. The first-order chi connectivity index (χ1) is 12.1. The maximum Gasteiger partial charge on any atom is 0.257 e. The van der Waals surface area contributed by atoms with Gasteiger partial charge in [-0.1, -0.05) is 11.6 Å². The van der Waals surface area contributed by atoms with Gasteiger partial charge in [-0.25, -0.2) is 4.98 Å². The molecule has 1 aromatic heterocycles. The van der Waals surface area contributed by atoms with E-state index in [1.807, 2.05) is 0 Å². The number of carbonyl (C=O) groups is 1. The van der Waals surface area contributed by atoms with E-state index in [9.17, 15) is 4.79 Å². The summed E-state index contributed by atoms with van der Waals surface area (Å²) in [6.45, 7) is 1.21. The number of methoxy groups -OCH3 is 3. The van der Waals surface area contributed by atoms with E-state index in [-0.39, 0.29) is 5.91 Å². The minimum absolute atomic E-state index is 0.321. The van der Waals surface area contributed by atoms with E-state index >= 15 is 0 Å². The van der Waals surface area contributed by atoms with Gasteiger partial charge in [0.05, 0.1) is 37.1 Å². The summed E-state index contributed by atoms with van der Waals surface area (Å²) >= 11 is 6.06. The average molecular weight is 366 g/mol. The number of amides is 1. The molecule has 0 saturated carbocycles. The minimum Gasteiger partial charge on any atom is -0.495 e. The molecule has 0 saturated heterocycles. The van der Waals surface area contributed by atoms with Crippen molar-refractivity contribution in [2.24, 2.45) is 0 Å². The summed E-state index contributed by atoms with van der Waals surface area (Å²) < 4.78 is 15.4. The predicted molar refractivity (Wildman–Crippen MR) is 97.1 cm³/mol. The number of ether oxygens (including phenoxy) is 3. The lowest BCUT2D eigenvalue weighted by Crippen LogP contribution is -2.14. The lowest BCUT2D eigenvalue weighted by atomic mass is 10.2. The summed E-state index contributed by atoms with van der Waals surface area (Å²) in [4.78, 5) is 16.6. The fraction of sp³-hybridized carbons (Fsp3) is 0.294. The van der Waals surface area contributed by atoms with Crippen molar-refractivity contribution in [3.8, 4) is 11.5 Å². The van der Waals surface area contributed by atoms with Gasteiger partial charge in [-0.3, -0.25) is 4.79 Å². The zero-order valence-corrected chi connectivity index (χ0v) is 15.0. The van der Waals surface area contributed by atoms with Crippen LogP contribution in [-0.2, 0) is 4.74 Å². The third kappa shape index (κ3) is 4.98. The van der Waals surface area contributed by atoms with Crippen molar-refractivity contribution in [2.45, 2.75) is 0 Å². The van der Waals surface area contributed by atoms with Crippen LogP contribution in [-0.4, -0.2) is 45.4 Å². The van der Waals surface area contributed by atoms with Gasteiger partial charge >= 0.3 is 0 Å². The number of carbonyl (C=O) groups excluding carboxylic acids is 1. The SMILES string of the molecule is COCCNc1ccc(C(=O)Nc2cc(OC)c(Cl)cc2OC)cn1. The van der Waals surface area contributed by atoms with Crippen LogP contribution in [0, 0.1) is 0 Å². The zero-order valence-electron chi connectivity index (χ0n) is 14.3. The predicted octanol–water partition coefficient (Wildman–Crippen LogP) is 3.06. The Morgan fingerprint density at radius 2 is 1.92 bits per heavy atom. The highest BCUT2D eigenvalue weighted by atomic mass is 35.5. The van der Waals surface area contributed by atoms with Gasteiger partial charge in [-0.15, -0.1) is 0 Å². The molecule has 0 atom stereocenters. The molecule has 0 aliphatic heterocycles. The number of benzene rings is 1. The quantitative estimate of drug-likeness (QED) is 0.700. The van der Waals surface area contributed by atoms with Gasteiger partial charge < -0.3 is 24.8 Å². The smallest absolute Gasteiger partial charge is 0.257 e. The van der Waals surface area contributed by atoms with Crippen LogP contribution in [0.15, 0.2) is 30.5 Å². The molecule has 0 aliphatic rings. The molecule has 0 bridgehead atoms. The summed E-state index contributed by atoms with van der Waals surface area (Å²) in [6, 6.07) is 6.59. The Morgan fingerprint density at radius 3 is 2.52 bits per heavy atom. The van der Waals surface area contributed by atoms with Crippen molar-refractivity contribution in [2.75, 3.05) is 45.1 Å². The summed E-state index contributed by atoms with van der Waals surface area (Å²) in [5.74, 6) is 1.22. The van der Waals surface area contributed by atoms with E-state index in [0.29, 0.717) is 46.7 Å². The summed E-state index contributed by atoms with van der Waals surface area (Å²) in [7, 11) is 4.62. The topological polar surface area (TPSA) is 81.7 Å². The van der Waals surface area contributed by atoms with Crippen LogP contribution in [0.3, 0.4) is 0 Å². The van der Waals surface area contributed by atoms with E-state index in [0.717, 1.165) is 0 Å². The molecule has 1 amide bonds. The molecule has 0 spiro atoms. The molecule has 1 heterocycles. The third-order valence-electron chi connectivity index (χ3n) is 3.36. The van der Waals surface area contributed by atoms with E-state index < -0.39 is 0 Å². The fourth-order valence-electron chi connectivity index (χ4n) is 2.07. The molecule has 2 aromatic rings. The van der Waals surface area contributed by atoms with Crippen LogP contribution in [0.25, 0.3) is 0 Å². The Kier molecular flexibility index (Phi) is 6.85. The highest BCUT2D eigenvalue weighted by molar-refractivity contribution is 6.32. The maximum atomic E-state index is 12.4.